The van der Waals surface area contributed by atoms with Gasteiger partial charge in [0.05, 0.1) is 0 Å². The minimum Gasteiger partial charge on any atom is -0.356 e. The molecule has 0 aromatic heterocycles. The standard InChI is InChI=1S/C14H20BrFN2O/c1-17-8-3-5-14(19)18-9-2-4-11-6-7-12(15)10-13(11)16/h6-7,10,17H,2-5,8-9H2,1H3,(H,18,19). The van der Waals surface area contributed by atoms with E-state index in [4.69, 9.17) is 0 Å². The third kappa shape index (κ3) is 6.68. The number of benzene rings is 1. The zero-order valence-electron chi connectivity index (χ0n) is 11.1. The van der Waals surface area contributed by atoms with Gasteiger partial charge in [-0.3, -0.25) is 4.79 Å². The minimum atomic E-state index is -0.199. The smallest absolute Gasteiger partial charge is 0.220 e. The Morgan fingerprint density at radius 1 is 1.32 bits per heavy atom. The summed E-state index contributed by atoms with van der Waals surface area (Å²) in [6.45, 7) is 1.44. The first-order valence-electron chi connectivity index (χ1n) is 6.48. The van der Waals surface area contributed by atoms with Crippen LogP contribution in [0, 0.1) is 5.82 Å². The van der Waals surface area contributed by atoms with E-state index in [1.54, 1.807) is 6.07 Å². The fourth-order valence-electron chi connectivity index (χ4n) is 1.75. The molecule has 3 nitrogen and oxygen atoms in total. The van der Waals surface area contributed by atoms with Crippen molar-refractivity contribution in [1.82, 2.24) is 10.6 Å². The maximum absolute atomic E-state index is 13.5. The average Bonchev–Trinajstić information content (AvgIpc) is 2.37. The van der Waals surface area contributed by atoms with Crippen molar-refractivity contribution in [1.29, 1.82) is 0 Å². The zero-order valence-corrected chi connectivity index (χ0v) is 12.7. The van der Waals surface area contributed by atoms with E-state index in [1.165, 1.54) is 6.07 Å². The molecule has 0 unspecified atom stereocenters. The molecule has 1 aromatic carbocycles. The van der Waals surface area contributed by atoms with Crippen LogP contribution in [-0.2, 0) is 11.2 Å². The van der Waals surface area contributed by atoms with Crippen LogP contribution in [0.4, 0.5) is 4.39 Å². The van der Waals surface area contributed by atoms with Gasteiger partial charge in [-0.25, -0.2) is 4.39 Å². The van der Waals surface area contributed by atoms with Crippen molar-refractivity contribution in [3.8, 4) is 0 Å². The Kier molecular flexibility index (Phi) is 7.67. The lowest BCUT2D eigenvalue weighted by Gasteiger charge is -2.06. The molecular formula is C14H20BrFN2O. The molecule has 1 rings (SSSR count). The van der Waals surface area contributed by atoms with Crippen molar-refractivity contribution in [2.45, 2.75) is 25.7 Å². The first kappa shape index (κ1) is 16.1. The molecule has 0 radical (unpaired) electrons. The fraction of sp³-hybridized carbons (Fsp3) is 0.500. The number of amides is 1. The molecule has 5 heteroatoms. The van der Waals surface area contributed by atoms with E-state index < -0.39 is 0 Å². The van der Waals surface area contributed by atoms with Gasteiger partial charge in [-0.2, -0.15) is 0 Å². The van der Waals surface area contributed by atoms with Gasteiger partial charge in [0, 0.05) is 17.4 Å². The van der Waals surface area contributed by atoms with E-state index in [-0.39, 0.29) is 11.7 Å². The third-order valence-electron chi connectivity index (χ3n) is 2.79. The van der Waals surface area contributed by atoms with E-state index >= 15 is 0 Å². The van der Waals surface area contributed by atoms with Crippen molar-refractivity contribution in [2.24, 2.45) is 0 Å². The molecule has 0 bridgehead atoms. The molecule has 106 valence electrons. The Bertz CT molecular complexity index is 412. The number of nitrogens with one attached hydrogen (secondary N) is 2. The van der Waals surface area contributed by atoms with Gasteiger partial charge in [0.15, 0.2) is 0 Å². The Morgan fingerprint density at radius 3 is 2.79 bits per heavy atom. The van der Waals surface area contributed by atoms with Crippen LogP contribution in [0.15, 0.2) is 22.7 Å². The number of hydrogen-bond acceptors (Lipinski definition) is 2. The van der Waals surface area contributed by atoms with Gasteiger partial charge in [-0.15, -0.1) is 0 Å². The van der Waals surface area contributed by atoms with E-state index in [0.717, 1.165) is 23.9 Å². The van der Waals surface area contributed by atoms with Crippen LogP contribution >= 0.6 is 15.9 Å². The topological polar surface area (TPSA) is 41.1 Å². The summed E-state index contributed by atoms with van der Waals surface area (Å²) in [7, 11) is 1.87. The van der Waals surface area contributed by atoms with Crippen molar-refractivity contribution >= 4 is 21.8 Å². The van der Waals surface area contributed by atoms with Gasteiger partial charge < -0.3 is 10.6 Å². The SMILES string of the molecule is CNCCCC(=O)NCCCc1ccc(Br)cc1F. The number of halogens is 2. The molecule has 1 amide bonds. The second-order valence-corrected chi connectivity index (χ2v) is 5.31. The summed E-state index contributed by atoms with van der Waals surface area (Å²) in [4.78, 5) is 11.4. The lowest BCUT2D eigenvalue weighted by Crippen LogP contribution is -2.25. The van der Waals surface area contributed by atoms with Crippen molar-refractivity contribution < 1.29 is 9.18 Å². The highest BCUT2D eigenvalue weighted by Gasteiger charge is 2.03. The Hall–Kier alpha value is -0.940. The monoisotopic (exact) mass is 330 g/mol. The lowest BCUT2D eigenvalue weighted by molar-refractivity contribution is -0.121. The highest BCUT2D eigenvalue weighted by Crippen LogP contribution is 2.16. The summed E-state index contributed by atoms with van der Waals surface area (Å²) >= 11 is 3.22. The Labute approximate surface area is 122 Å². The predicted octanol–water partition coefficient (Wildman–Crippen LogP) is 2.64. The molecule has 0 fully saturated rings. The molecule has 0 aliphatic rings. The maximum Gasteiger partial charge on any atom is 0.220 e. The van der Waals surface area contributed by atoms with Gasteiger partial charge in [0.2, 0.25) is 5.91 Å². The first-order valence-corrected chi connectivity index (χ1v) is 7.28. The van der Waals surface area contributed by atoms with Crippen LogP contribution in [-0.4, -0.2) is 26.0 Å². The summed E-state index contributed by atoms with van der Waals surface area (Å²) in [6, 6.07) is 5.06. The molecule has 2 N–H and O–H groups in total. The van der Waals surface area contributed by atoms with E-state index in [1.807, 2.05) is 13.1 Å². The number of hydrogen-bond donors (Lipinski definition) is 2. The minimum absolute atomic E-state index is 0.0616. The maximum atomic E-state index is 13.5. The largest absolute Gasteiger partial charge is 0.356 e. The molecular weight excluding hydrogens is 311 g/mol. The van der Waals surface area contributed by atoms with Gasteiger partial charge >= 0.3 is 0 Å². The van der Waals surface area contributed by atoms with Crippen LogP contribution in [0.1, 0.15) is 24.8 Å². The number of carbonyl (C=O) groups excluding carboxylic acids is 1. The van der Waals surface area contributed by atoms with Crippen molar-refractivity contribution in [3.63, 3.8) is 0 Å². The summed E-state index contributed by atoms with van der Waals surface area (Å²) in [6.07, 6.45) is 2.75. The molecule has 1 aromatic rings. The van der Waals surface area contributed by atoms with Crippen LogP contribution in [0.3, 0.4) is 0 Å². The van der Waals surface area contributed by atoms with E-state index in [2.05, 4.69) is 26.6 Å². The van der Waals surface area contributed by atoms with Crippen molar-refractivity contribution in [2.75, 3.05) is 20.1 Å². The normalized spacial score (nSPS) is 10.5. The average molecular weight is 331 g/mol. The number of carbonyl (C=O) groups is 1. The van der Waals surface area contributed by atoms with Gasteiger partial charge in [0.1, 0.15) is 5.82 Å². The molecule has 0 saturated heterocycles. The van der Waals surface area contributed by atoms with Crippen LogP contribution in [0.5, 0.6) is 0 Å². The molecule has 0 aliphatic heterocycles. The molecule has 0 saturated carbocycles. The second-order valence-electron chi connectivity index (χ2n) is 4.40. The Balaban J connectivity index is 2.18. The van der Waals surface area contributed by atoms with Crippen molar-refractivity contribution in [3.05, 3.63) is 34.1 Å². The predicted molar refractivity (Wildman–Crippen MR) is 78.6 cm³/mol. The highest BCUT2D eigenvalue weighted by atomic mass is 79.9. The lowest BCUT2D eigenvalue weighted by atomic mass is 10.1. The van der Waals surface area contributed by atoms with Gasteiger partial charge in [-0.1, -0.05) is 22.0 Å². The summed E-state index contributed by atoms with van der Waals surface area (Å²) < 4.78 is 14.3. The summed E-state index contributed by atoms with van der Waals surface area (Å²) in [5.74, 6) is -0.138. The third-order valence-corrected chi connectivity index (χ3v) is 3.28. The van der Waals surface area contributed by atoms with E-state index in [0.29, 0.717) is 24.9 Å². The molecule has 0 atom stereocenters. The van der Waals surface area contributed by atoms with Gasteiger partial charge in [-0.05, 0) is 50.6 Å². The molecule has 0 spiro atoms. The summed E-state index contributed by atoms with van der Waals surface area (Å²) in [5.41, 5.74) is 0.688. The highest BCUT2D eigenvalue weighted by molar-refractivity contribution is 9.10. The van der Waals surface area contributed by atoms with Crippen LogP contribution < -0.4 is 10.6 Å². The fourth-order valence-corrected chi connectivity index (χ4v) is 2.08. The number of rotatable bonds is 8. The number of aryl methyl sites for hydroxylation is 1. The summed E-state index contributed by atoms with van der Waals surface area (Å²) in [5, 5.41) is 5.84. The van der Waals surface area contributed by atoms with Crippen LogP contribution in [0.25, 0.3) is 0 Å². The first-order chi connectivity index (χ1) is 9.13. The van der Waals surface area contributed by atoms with E-state index in [9.17, 15) is 9.18 Å². The molecule has 19 heavy (non-hydrogen) atoms. The molecule has 0 aliphatic carbocycles. The zero-order chi connectivity index (χ0) is 14.1. The van der Waals surface area contributed by atoms with Crippen LogP contribution in [0.2, 0.25) is 0 Å². The quantitative estimate of drug-likeness (QED) is 0.719. The second kappa shape index (κ2) is 9.04. The van der Waals surface area contributed by atoms with Gasteiger partial charge in [0.25, 0.3) is 0 Å². The Morgan fingerprint density at radius 2 is 2.11 bits per heavy atom. The molecule has 0 heterocycles.